The Balaban J connectivity index is 2.67. The largest absolute Gasteiger partial charge is 0.405 e. The molecule has 4 heteroatoms. The molecule has 1 heterocycles. The predicted octanol–water partition coefficient (Wildman–Crippen LogP) is 0.661. The zero-order valence-electron chi connectivity index (χ0n) is 8.28. The highest BCUT2D eigenvalue weighted by molar-refractivity contribution is 5.78. The van der Waals surface area contributed by atoms with Crippen LogP contribution in [0.25, 0.3) is 0 Å². The third kappa shape index (κ3) is 2.80. The van der Waals surface area contributed by atoms with E-state index >= 15 is 0 Å². The van der Waals surface area contributed by atoms with E-state index in [9.17, 15) is 4.79 Å². The third-order valence-electron chi connectivity index (χ3n) is 2.26. The lowest BCUT2D eigenvalue weighted by Gasteiger charge is -2.20. The summed E-state index contributed by atoms with van der Waals surface area (Å²) in [7, 11) is 0. The maximum Gasteiger partial charge on any atom is 0.228 e. The Morgan fingerprint density at radius 3 is 2.86 bits per heavy atom. The summed E-state index contributed by atoms with van der Waals surface area (Å²) >= 11 is 0. The molecule has 0 unspecified atom stereocenters. The number of nitrogens with two attached hydrogens (primary N) is 2. The zero-order valence-corrected chi connectivity index (χ0v) is 8.28. The number of allylic oxidation sites excluding steroid dienone is 2. The molecule has 4 N–H and O–H groups in total. The van der Waals surface area contributed by atoms with Crippen LogP contribution in [0.1, 0.15) is 25.7 Å². The van der Waals surface area contributed by atoms with Crippen molar-refractivity contribution >= 4 is 5.91 Å². The fourth-order valence-electron chi connectivity index (χ4n) is 1.50. The minimum Gasteiger partial charge on any atom is -0.405 e. The summed E-state index contributed by atoms with van der Waals surface area (Å²) in [4.78, 5) is 13.2. The zero-order chi connectivity index (χ0) is 10.4. The molecule has 0 spiro atoms. The molecule has 0 bridgehead atoms. The maximum absolute atomic E-state index is 11.6. The number of carbonyl (C=O) groups excluding carboxylic acids is 1. The highest BCUT2D eigenvalue weighted by Gasteiger charge is 2.17. The molecule has 1 saturated heterocycles. The number of nitrogens with zero attached hydrogens (tertiary/aromatic N) is 1. The van der Waals surface area contributed by atoms with E-state index in [1.54, 1.807) is 17.1 Å². The van der Waals surface area contributed by atoms with Crippen molar-refractivity contribution in [2.75, 3.05) is 6.54 Å². The van der Waals surface area contributed by atoms with Gasteiger partial charge in [-0.2, -0.15) is 0 Å². The summed E-state index contributed by atoms with van der Waals surface area (Å²) in [5.74, 6) is 0.597. The van der Waals surface area contributed by atoms with E-state index in [0.29, 0.717) is 12.2 Å². The molecule has 1 aliphatic rings. The van der Waals surface area contributed by atoms with Gasteiger partial charge in [-0.25, -0.2) is 0 Å². The average Bonchev–Trinajstić information content (AvgIpc) is 2.39. The van der Waals surface area contributed by atoms with Crippen molar-refractivity contribution < 1.29 is 4.79 Å². The van der Waals surface area contributed by atoms with Crippen LogP contribution in [0.15, 0.2) is 24.2 Å². The van der Waals surface area contributed by atoms with Crippen molar-refractivity contribution in [2.45, 2.75) is 25.7 Å². The molecular weight excluding hydrogens is 178 g/mol. The molecule has 0 saturated carbocycles. The SMILES string of the molecule is N/C=C\C=C(\N)N1CCCCCC1=O. The summed E-state index contributed by atoms with van der Waals surface area (Å²) in [5.41, 5.74) is 10.9. The Hall–Kier alpha value is -1.45. The van der Waals surface area contributed by atoms with Gasteiger partial charge in [-0.1, -0.05) is 6.42 Å². The molecule has 14 heavy (non-hydrogen) atoms. The highest BCUT2D eigenvalue weighted by atomic mass is 16.2. The van der Waals surface area contributed by atoms with E-state index in [2.05, 4.69) is 0 Å². The van der Waals surface area contributed by atoms with Gasteiger partial charge in [-0.3, -0.25) is 9.69 Å². The van der Waals surface area contributed by atoms with E-state index in [-0.39, 0.29) is 5.91 Å². The summed E-state index contributed by atoms with van der Waals surface area (Å²) in [6, 6.07) is 0. The van der Waals surface area contributed by atoms with E-state index in [1.807, 2.05) is 0 Å². The van der Waals surface area contributed by atoms with Crippen LogP contribution in [0.4, 0.5) is 0 Å². The summed E-state index contributed by atoms with van der Waals surface area (Å²) in [5, 5.41) is 0. The van der Waals surface area contributed by atoms with Crippen LogP contribution in [-0.2, 0) is 4.79 Å². The van der Waals surface area contributed by atoms with E-state index in [0.717, 1.165) is 25.8 Å². The van der Waals surface area contributed by atoms with Crippen LogP contribution in [0.2, 0.25) is 0 Å². The maximum atomic E-state index is 11.6. The molecule has 1 rings (SSSR count). The molecule has 1 amide bonds. The van der Waals surface area contributed by atoms with Gasteiger partial charge >= 0.3 is 0 Å². The van der Waals surface area contributed by atoms with Crippen LogP contribution in [0.3, 0.4) is 0 Å². The lowest BCUT2D eigenvalue weighted by molar-refractivity contribution is -0.128. The molecule has 0 aromatic rings. The summed E-state index contributed by atoms with van der Waals surface area (Å²) < 4.78 is 0. The van der Waals surface area contributed by atoms with Gasteiger partial charge in [0.05, 0.1) is 0 Å². The van der Waals surface area contributed by atoms with Gasteiger partial charge in [0.25, 0.3) is 0 Å². The Kier molecular flexibility index (Phi) is 4.04. The van der Waals surface area contributed by atoms with Crippen LogP contribution in [0, 0.1) is 0 Å². The van der Waals surface area contributed by atoms with Crippen molar-refractivity contribution in [3.8, 4) is 0 Å². The standard InChI is InChI=1S/C10H17N3O/c11-7-4-5-9(12)13-8-3-1-2-6-10(13)14/h4-5,7H,1-3,6,8,11-12H2/b7-4-,9-5-. The van der Waals surface area contributed by atoms with Crippen LogP contribution in [0.5, 0.6) is 0 Å². The molecule has 0 aromatic heterocycles. The van der Waals surface area contributed by atoms with E-state index in [1.165, 1.54) is 6.20 Å². The third-order valence-corrected chi connectivity index (χ3v) is 2.26. The first kappa shape index (κ1) is 10.6. The van der Waals surface area contributed by atoms with Gasteiger partial charge in [0, 0.05) is 13.0 Å². The first-order valence-corrected chi connectivity index (χ1v) is 4.90. The van der Waals surface area contributed by atoms with Crippen molar-refractivity contribution in [3.63, 3.8) is 0 Å². The number of hydrogen-bond donors (Lipinski definition) is 2. The van der Waals surface area contributed by atoms with Crippen LogP contribution in [-0.4, -0.2) is 17.4 Å². The highest BCUT2D eigenvalue weighted by Crippen LogP contribution is 2.13. The second-order valence-electron chi connectivity index (χ2n) is 3.33. The second-order valence-corrected chi connectivity index (χ2v) is 3.33. The lowest BCUT2D eigenvalue weighted by Crippen LogP contribution is -2.33. The Morgan fingerprint density at radius 1 is 1.36 bits per heavy atom. The Labute approximate surface area is 84.2 Å². The molecule has 0 atom stereocenters. The van der Waals surface area contributed by atoms with Gasteiger partial charge in [0.1, 0.15) is 5.82 Å². The number of likely N-dealkylation sites (tertiary alicyclic amines) is 1. The fraction of sp³-hybridized carbons (Fsp3) is 0.500. The number of amides is 1. The van der Waals surface area contributed by atoms with Crippen LogP contribution < -0.4 is 11.5 Å². The average molecular weight is 195 g/mol. The Morgan fingerprint density at radius 2 is 2.14 bits per heavy atom. The van der Waals surface area contributed by atoms with Crippen LogP contribution >= 0.6 is 0 Å². The molecule has 4 nitrogen and oxygen atoms in total. The molecule has 0 aliphatic carbocycles. The van der Waals surface area contributed by atoms with Crippen molar-refractivity contribution in [1.29, 1.82) is 0 Å². The first-order chi connectivity index (χ1) is 6.75. The van der Waals surface area contributed by atoms with Crippen molar-refractivity contribution in [1.82, 2.24) is 4.90 Å². The molecule has 1 fully saturated rings. The van der Waals surface area contributed by atoms with Crippen molar-refractivity contribution in [3.05, 3.63) is 24.2 Å². The smallest absolute Gasteiger partial charge is 0.228 e. The lowest BCUT2D eigenvalue weighted by atomic mass is 10.2. The predicted molar refractivity (Wildman–Crippen MR) is 55.8 cm³/mol. The molecule has 0 radical (unpaired) electrons. The Bertz CT molecular complexity index is 258. The van der Waals surface area contributed by atoms with E-state index < -0.39 is 0 Å². The second kappa shape index (κ2) is 5.32. The topological polar surface area (TPSA) is 72.3 Å². The number of rotatable bonds is 2. The van der Waals surface area contributed by atoms with Gasteiger partial charge in [-0.05, 0) is 31.2 Å². The summed E-state index contributed by atoms with van der Waals surface area (Å²) in [6.45, 7) is 0.722. The van der Waals surface area contributed by atoms with Gasteiger partial charge in [0.2, 0.25) is 5.91 Å². The fourth-order valence-corrected chi connectivity index (χ4v) is 1.50. The monoisotopic (exact) mass is 195 g/mol. The number of carbonyl (C=O) groups is 1. The van der Waals surface area contributed by atoms with Gasteiger partial charge in [0.15, 0.2) is 0 Å². The quantitative estimate of drug-likeness (QED) is 0.636. The number of hydrogen-bond acceptors (Lipinski definition) is 3. The molecule has 1 aliphatic heterocycles. The normalized spacial score (nSPS) is 20.1. The van der Waals surface area contributed by atoms with E-state index in [4.69, 9.17) is 11.5 Å². The molecular formula is C10H17N3O. The minimum absolute atomic E-state index is 0.113. The van der Waals surface area contributed by atoms with Crippen molar-refractivity contribution in [2.24, 2.45) is 11.5 Å². The van der Waals surface area contributed by atoms with Gasteiger partial charge < -0.3 is 11.5 Å². The molecule has 0 aromatic carbocycles. The summed E-state index contributed by atoms with van der Waals surface area (Å²) in [6.07, 6.45) is 8.37. The first-order valence-electron chi connectivity index (χ1n) is 4.90. The van der Waals surface area contributed by atoms with Gasteiger partial charge in [-0.15, -0.1) is 0 Å². The minimum atomic E-state index is 0.113. The molecule has 78 valence electrons.